The third kappa shape index (κ3) is 3.09. The predicted molar refractivity (Wildman–Crippen MR) is 79.5 cm³/mol. The molecular weight excluding hydrogens is 284 g/mol. The molecule has 2 aliphatic rings. The number of aromatic nitrogens is 2. The molecule has 0 radical (unpaired) electrons. The van der Waals surface area contributed by atoms with Crippen molar-refractivity contribution >= 4 is 6.03 Å². The van der Waals surface area contributed by atoms with Crippen molar-refractivity contribution in [3.05, 3.63) is 11.7 Å². The van der Waals surface area contributed by atoms with E-state index < -0.39 is 0 Å². The first-order chi connectivity index (χ1) is 10.6. The second kappa shape index (κ2) is 6.24. The highest BCUT2D eigenvalue weighted by Gasteiger charge is 2.57. The summed E-state index contributed by atoms with van der Waals surface area (Å²) in [5.41, 5.74) is 0.295. The van der Waals surface area contributed by atoms with Crippen LogP contribution < -0.4 is 5.32 Å². The van der Waals surface area contributed by atoms with Crippen molar-refractivity contribution in [2.24, 2.45) is 5.41 Å². The van der Waals surface area contributed by atoms with E-state index in [9.17, 15) is 4.79 Å². The van der Waals surface area contributed by atoms with Gasteiger partial charge >= 0.3 is 6.03 Å². The lowest BCUT2D eigenvalue weighted by Gasteiger charge is -2.32. The lowest BCUT2D eigenvalue weighted by atomic mass is 9.91. The number of urea groups is 1. The molecule has 0 bridgehead atoms. The maximum absolute atomic E-state index is 12.1. The number of nitrogens with zero attached hydrogens (tertiary/aromatic N) is 3. The van der Waals surface area contributed by atoms with Gasteiger partial charge in [-0.05, 0) is 31.1 Å². The van der Waals surface area contributed by atoms with Gasteiger partial charge in [0, 0.05) is 46.2 Å². The number of carbonyl (C=O) groups is 1. The van der Waals surface area contributed by atoms with Gasteiger partial charge in [-0.2, -0.15) is 4.98 Å². The molecule has 1 unspecified atom stereocenters. The van der Waals surface area contributed by atoms with Gasteiger partial charge in [0.2, 0.25) is 5.89 Å². The van der Waals surface area contributed by atoms with E-state index in [4.69, 9.17) is 9.26 Å². The zero-order valence-corrected chi connectivity index (χ0v) is 13.3. The third-order valence-electron chi connectivity index (χ3n) is 4.89. The zero-order chi connectivity index (χ0) is 15.6. The normalized spacial score (nSPS) is 22.8. The Hall–Kier alpha value is -1.63. The van der Waals surface area contributed by atoms with E-state index in [0.717, 1.165) is 44.6 Å². The molecule has 7 nitrogen and oxygen atoms in total. The Morgan fingerprint density at radius 3 is 2.91 bits per heavy atom. The Labute approximate surface area is 130 Å². The monoisotopic (exact) mass is 308 g/mol. The maximum atomic E-state index is 12.1. The molecule has 1 spiro atoms. The summed E-state index contributed by atoms with van der Waals surface area (Å²) in [5.74, 6) is 1.89. The third-order valence-corrected chi connectivity index (χ3v) is 4.89. The van der Waals surface area contributed by atoms with Gasteiger partial charge in [0.1, 0.15) is 0 Å². The molecule has 1 aromatic heterocycles. The average Bonchev–Trinajstić information content (AvgIpc) is 3.03. The lowest BCUT2D eigenvalue weighted by Crippen LogP contribution is -2.45. The van der Waals surface area contributed by atoms with Gasteiger partial charge in [0.05, 0.1) is 0 Å². The highest BCUT2D eigenvalue weighted by Crippen LogP contribution is 2.64. The summed E-state index contributed by atoms with van der Waals surface area (Å²) in [6.45, 7) is 4.78. The summed E-state index contributed by atoms with van der Waals surface area (Å²) in [7, 11) is 1.67. The SMILES string of the molecule is COCCCNC(=O)N1CCC2(CC1)CC2c1noc(C)n1. The Morgan fingerprint density at radius 1 is 1.50 bits per heavy atom. The standard InChI is InChI=1S/C15H24N4O3/c1-11-17-13(18-22-11)12-10-15(12)4-7-19(8-5-15)14(20)16-6-3-9-21-2/h12H,3-10H2,1-2H3,(H,16,20). The van der Waals surface area contributed by atoms with Gasteiger partial charge in [-0.25, -0.2) is 4.79 Å². The van der Waals surface area contributed by atoms with Crippen molar-refractivity contribution in [1.29, 1.82) is 0 Å². The summed E-state index contributed by atoms with van der Waals surface area (Å²) >= 11 is 0. The van der Waals surface area contributed by atoms with E-state index in [1.807, 2.05) is 11.8 Å². The minimum absolute atomic E-state index is 0.0403. The van der Waals surface area contributed by atoms with Gasteiger partial charge in [0.15, 0.2) is 5.82 Å². The Morgan fingerprint density at radius 2 is 2.27 bits per heavy atom. The van der Waals surface area contributed by atoms with E-state index in [1.165, 1.54) is 0 Å². The lowest BCUT2D eigenvalue weighted by molar-refractivity contribution is 0.159. The fraction of sp³-hybridized carbons (Fsp3) is 0.800. The van der Waals surface area contributed by atoms with Gasteiger partial charge in [-0.15, -0.1) is 0 Å². The molecule has 1 aromatic rings. The molecule has 1 saturated heterocycles. The minimum atomic E-state index is 0.0403. The largest absolute Gasteiger partial charge is 0.385 e. The smallest absolute Gasteiger partial charge is 0.317 e. The molecule has 1 atom stereocenters. The Balaban J connectivity index is 1.44. The van der Waals surface area contributed by atoms with Crippen molar-refractivity contribution in [3.63, 3.8) is 0 Å². The average molecular weight is 308 g/mol. The van der Waals surface area contributed by atoms with E-state index in [2.05, 4.69) is 15.5 Å². The Bertz CT molecular complexity index is 523. The quantitative estimate of drug-likeness (QED) is 0.837. The predicted octanol–water partition coefficient (Wildman–Crippen LogP) is 1.69. The summed E-state index contributed by atoms with van der Waals surface area (Å²) in [6.07, 6.45) is 4.02. The van der Waals surface area contributed by atoms with Crippen molar-refractivity contribution in [1.82, 2.24) is 20.4 Å². The number of hydrogen-bond acceptors (Lipinski definition) is 5. The van der Waals surface area contributed by atoms with Crippen LogP contribution in [0.1, 0.15) is 43.3 Å². The minimum Gasteiger partial charge on any atom is -0.385 e. The number of piperidine rings is 1. The molecule has 122 valence electrons. The van der Waals surface area contributed by atoms with Crippen LogP contribution in [-0.4, -0.2) is 54.4 Å². The second-order valence-corrected chi connectivity index (χ2v) is 6.36. The number of amides is 2. The van der Waals surface area contributed by atoms with Gasteiger partial charge in [0.25, 0.3) is 0 Å². The molecule has 2 fully saturated rings. The highest BCUT2D eigenvalue weighted by molar-refractivity contribution is 5.74. The van der Waals surface area contributed by atoms with Crippen molar-refractivity contribution < 1.29 is 14.1 Å². The number of hydrogen-bond donors (Lipinski definition) is 1. The number of rotatable bonds is 5. The summed E-state index contributed by atoms with van der Waals surface area (Å²) < 4.78 is 10.1. The fourth-order valence-electron chi connectivity index (χ4n) is 3.40. The molecule has 1 N–H and O–H groups in total. The molecule has 22 heavy (non-hydrogen) atoms. The van der Waals surface area contributed by atoms with Gasteiger partial charge < -0.3 is 19.5 Å². The molecule has 1 aliphatic carbocycles. The first-order valence-corrected chi connectivity index (χ1v) is 7.96. The van der Waals surface area contributed by atoms with E-state index in [1.54, 1.807) is 7.11 Å². The summed E-state index contributed by atoms with van der Waals surface area (Å²) in [5, 5.41) is 7.00. The molecule has 3 rings (SSSR count). The first kappa shape index (κ1) is 15.3. The number of aryl methyl sites for hydroxylation is 1. The van der Waals surface area contributed by atoms with Crippen LogP contribution in [0.15, 0.2) is 4.52 Å². The fourth-order valence-corrected chi connectivity index (χ4v) is 3.40. The van der Waals surface area contributed by atoms with Crippen LogP contribution in [0.2, 0.25) is 0 Å². The molecule has 0 aromatic carbocycles. The molecular formula is C15H24N4O3. The number of carbonyl (C=O) groups excluding carboxylic acids is 1. The van der Waals surface area contributed by atoms with E-state index in [-0.39, 0.29) is 6.03 Å². The second-order valence-electron chi connectivity index (χ2n) is 6.36. The van der Waals surface area contributed by atoms with Crippen molar-refractivity contribution in [2.45, 2.75) is 38.5 Å². The molecule has 2 amide bonds. The number of ether oxygens (including phenoxy) is 1. The maximum Gasteiger partial charge on any atom is 0.317 e. The van der Waals surface area contributed by atoms with Crippen LogP contribution in [0, 0.1) is 12.3 Å². The zero-order valence-electron chi connectivity index (χ0n) is 13.3. The summed E-state index contributed by atoms with van der Waals surface area (Å²) in [4.78, 5) is 18.3. The van der Waals surface area contributed by atoms with Crippen LogP contribution >= 0.6 is 0 Å². The van der Waals surface area contributed by atoms with Crippen molar-refractivity contribution in [2.75, 3.05) is 33.4 Å². The number of nitrogens with one attached hydrogen (secondary N) is 1. The molecule has 2 heterocycles. The summed E-state index contributed by atoms with van der Waals surface area (Å²) in [6, 6.07) is 0.0403. The molecule has 1 aliphatic heterocycles. The van der Waals surface area contributed by atoms with E-state index >= 15 is 0 Å². The van der Waals surface area contributed by atoms with Crippen molar-refractivity contribution in [3.8, 4) is 0 Å². The Kier molecular flexibility index (Phi) is 4.33. The van der Waals surface area contributed by atoms with E-state index in [0.29, 0.717) is 30.4 Å². The number of likely N-dealkylation sites (tertiary alicyclic amines) is 1. The van der Waals surface area contributed by atoms with Gasteiger partial charge in [-0.1, -0.05) is 5.16 Å². The van der Waals surface area contributed by atoms with Gasteiger partial charge in [-0.3, -0.25) is 0 Å². The van der Waals surface area contributed by atoms with Crippen LogP contribution in [0.3, 0.4) is 0 Å². The first-order valence-electron chi connectivity index (χ1n) is 7.96. The van der Waals surface area contributed by atoms with Crippen LogP contribution in [0.4, 0.5) is 4.79 Å². The molecule has 7 heteroatoms. The highest BCUT2D eigenvalue weighted by atomic mass is 16.5. The number of methoxy groups -OCH3 is 1. The van der Waals surface area contributed by atoms with Crippen LogP contribution in [-0.2, 0) is 4.74 Å². The van der Waals surface area contributed by atoms with Crippen LogP contribution in [0.5, 0.6) is 0 Å². The topological polar surface area (TPSA) is 80.5 Å². The molecule has 1 saturated carbocycles. The van der Waals surface area contributed by atoms with Crippen LogP contribution in [0.25, 0.3) is 0 Å².